The number of hydrogen-bond acceptors (Lipinski definition) is 1. The fourth-order valence-electron chi connectivity index (χ4n) is 4.08. The lowest BCUT2D eigenvalue weighted by Gasteiger charge is -2.48. The van der Waals surface area contributed by atoms with Crippen LogP contribution in [-0.2, 0) is 17.4 Å². The molecule has 1 nitrogen and oxygen atoms in total. The van der Waals surface area contributed by atoms with Crippen molar-refractivity contribution in [1.29, 1.82) is 0 Å². The Kier molecular flexibility index (Phi) is 8.95. The van der Waals surface area contributed by atoms with Crippen molar-refractivity contribution >= 4 is 0 Å². The summed E-state index contributed by atoms with van der Waals surface area (Å²) in [7, 11) is 0. The summed E-state index contributed by atoms with van der Waals surface area (Å²) in [5.74, 6) is 0. The SMILES string of the molecule is CC.CC.CCN(CC)Cc1ccc2c(c1)C(C)(C)C(C)(C)c1ccccc1-2. The van der Waals surface area contributed by atoms with Gasteiger partial charge in [0.15, 0.2) is 0 Å². The number of fused-ring (bicyclic) bond motifs is 3. The lowest BCUT2D eigenvalue weighted by molar-refractivity contribution is 0.290. The molecule has 0 amide bonds. The van der Waals surface area contributed by atoms with Gasteiger partial charge in [-0.05, 0) is 51.7 Å². The summed E-state index contributed by atoms with van der Waals surface area (Å²) >= 11 is 0. The number of hydrogen-bond donors (Lipinski definition) is 0. The van der Waals surface area contributed by atoms with Crippen LogP contribution in [0.1, 0.15) is 85.9 Å². The van der Waals surface area contributed by atoms with Crippen LogP contribution in [0.5, 0.6) is 0 Å². The predicted octanol–water partition coefficient (Wildman–Crippen LogP) is 7.82. The zero-order chi connectivity index (χ0) is 21.5. The van der Waals surface area contributed by atoms with Crippen molar-refractivity contribution in [2.75, 3.05) is 13.1 Å². The van der Waals surface area contributed by atoms with Crippen LogP contribution >= 0.6 is 0 Å². The van der Waals surface area contributed by atoms with Gasteiger partial charge in [0.05, 0.1) is 0 Å². The van der Waals surface area contributed by atoms with E-state index in [2.05, 4.69) is 88.9 Å². The lowest BCUT2D eigenvalue weighted by Crippen LogP contribution is -2.43. The van der Waals surface area contributed by atoms with Crippen molar-refractivity contribution in [2.45, 2.75) is 86.6 Å². The molecule has 0 saturated carbocycles. The van der Waals surface area contributed by atoms with E-state index in [4.69, 9.17) is 0 Å². The van der Waals surface area contributed by atoms with Crippen LogP contribution in [0.2, 0.25) is 0 Å². The molecule has 0 saturated heterocycles. The van der Waals surface area contributed by atoms with Crippen molar-refractivity contribution in [1.82, 2.24) is 4.90 Å². The molecule has 0 N–H and O–H groups in total. The highest BCUT2D eigenvalue weighted by Gasteiger charge is 2.45. The van der Waals surface area contributed by atoms with Gasteiger partial charge in [-0.2, -0.15) is 0 Å². The van der Waals surface area contributed by atoms with Crippen LogP contribution in [0.4, 0.5) is 0 Å². The Morgan fingerprint density at radius 2 is 1.18 bits per heavy atom. The molecule has 0 aliphatic heterocycles. The van der Waals surface area contributed by atoms with Gasteiger partial charge >= 0.3 is 0 Å². The molecule has 156 valence electrons. The minimum absolute atomic E-state index is 0.107. The molecule has 0 bridgehead atoms. The maximum Gasteiger partial charge on any atom is 0.0233 e. The molecule has 1 aliphatic rings. The standard InChI is InChI=1S/C23H31N.2C2H6/c1-7-24(8-2)16-17-13-14-19-18-11-9-10-12-20(18)22(3,4)23(5,6)21(19)15-17;2*1-2/h9-15H,7-8,16H2,1-6H3;2*1-2H3. The zero-order valence-corrected chi connectivity index (χ0v) is 20.1. The highest BCUT2D eigenvalue weighted by molar-refractivity contribution is 5.77. The second kappa shape index (κ2) is 10.3. The van der Waals surface area contributed by atoms with E-state index >= 15 is 0 Å². The van der Waals surface area contributed by atoms with E-state index in [1.54, 1.807) is 0 Å². The molecule has 2 aromatic rings. The first-order valence-corrected chi connectivity index (χ1v) is 11.3. The van der Waals surface area contributed by atoms with Gasteiger partial charge in [-0.1, -0.05) is 112 Å². The minimum atomic E-state index is 0.107. The minimum Gasteiger partial charge on any atom is -0.300 e. The predicted molar refractivity (Wildman–Crippen MR) is 127 cm³/mol. The summed E-state index contributed by atoms with van der Waals surface area (Å²) in [6.07, 6.45) is 0. The van der Waals surface area contributed by atoms with Gasteiger partial charge in [-0.15, -0.1) is 0 Å². The Labute approximate surface area is 175 Å². The summed E-state index contributed by atoms with van der Waals surface area (Å²) in [5.41, 5.74) is 7.44. The third-order valence-electron chi connectivity index (χ3n) is 6.51. The molecule has 3 rings (SSSR count). The van der Waals surface area contributed by atoms with Gasteiger partial charge in [-0.3, -0.25) is 4.90 Å². The zero-order valence-electron chi connectivity index (χ0n) is 20.1. The van der Waals surface area contributed by atoms with Gasteiger partial charge in [0.2, 0.25) is 0 Å². The first-order valence-electron chi connectivity index (χ1n) is 11.3. The molecule has 0 unspecified atom stereocenters. The topological polar surface area (TPSA) is 3.24 Å². The first-order chi connectivity index (χ1) is 13.3. The Balaban J connectivity index is 0.000000921. The molecule has 2 aromatic carbocycles. The molecule has 1 heteroatoms. The van der Waals surface area contributed by atoms with Crippen molar-refractivity contribution < 1.29 is 0 Å². The Hall–Kier alpha value is -1.60. The largest absolute Gasteiger partial charge is 0.300 e. The van der Waals surface area contributed by atoms with Gasteiger partial charge in [0.25, 0.3) is 0 Å². The molecule has 0 heterocycles. The molecule has 0 spiro atoms. The van der Waals surface area contributed by atoms with E-state index in [1.807, 2.05) is 27.7 Å². The third-order valence-corrected chi connectivity index (χ3v) is 6.51. The van der Waals surface area contributed by atoms with E-state index < -0.39 is 0 Å². The maximum absolute atomic E-state index is 2.48. The van der Waals surface area contributed by atoms with E-state index in [1.165, 1.54) is 27.8 Å². The molecule has 0 fully saturated rings. The number of rotatable bonds is 4. The monoisotopic (exact) mass is 381 g/mol. The normalized spacial score (nSPS) is 15.4. The van der Waals surface area contributed by atoms with E-state index in [0.29, 0.717) is 0 Å². The fourth-order valence-corrected chi connectivity index (χ4v) is 4.08. The van der Waals surface area contributed by atoms with Crippen LogP contribution in [0.3, 0.4) is 0 Å². The Morgan fingerprint density at radius 3 is 1.75 bits per heavy atom. The average molecular weight is 382 g/mol. The van der Waals surface area contributed by atoms with Crippen molar-refractivity contribution in [3.8, 4) is 11.1 Å². The molecular formula is C27H43N. The lowest BCUT2D eigenvalue weighted by atomic mass is 9.55. The van der Waals surface area contributed by atoms with Crippen LogP contribution in [0.25, 0.3) is 11.1 Å². The van der Waals surface area contributed by atoms with Crippen LogP contribution in [0.15, 0.2) is 42.5 Å². The van der Waals surface area contributed by atoms with Gasteiger partial charge < -0.3 is 0 Å². The molecule has 1 aliphatic carbocycles. The summed E-state index contributed by atoms with van der Waals surface area (Å²) in [5, 5.41) is 0. The molecule has 0 atom stereocenters. The quantitative estimate of drug-likeness (QED) is 0.522. The van der Waals surface area contributed by atoms with E-state index in [-0.39, 0.29) is 10.8 Å². The molecule has 0 aromatic heterocycles. The van der Waals surface area contributed by atoms with Gasteiger partial charge in [-0.25, -0.2) is 0 Å². The average Bonchev–Trinajstić information content (AvgIpc) is 2.74. The molecule has 28 heavy (non-hydrogen) atoms. The molecule has 0 radical (unpaired) electrons. The Bertz CT molecular complexity index is 736. The van der Waals surface area contributed by atoms with Crippen LogP contribution < -0.4 is 0 Å². The number of nitrogens with zero attached hydrogens (tertiary/aromatic N) is 1. The second-order valence-corrected chi connectivity index (χ2v) is 8.14. The third kappa shape index (κ3) is 4.35. The summed E-state index contributed by atoms with van der Waals surface area (Å²) < 4.78 is 0. The van der Waals surface area contributed by atoms with Gasteiger partial charge in [0, 0.05) is 6.54 Å². The van der Waals surface area contributed by atoms with Crippen LogP contribution in [0, 0.1) is 0 Å². The van der Waals surface area contributed by atoms with E-state index in [9.17, 15) is 0 Å². The van der Waals surface area contributed by atoms with Gasteiger partial charge in [0.1, 0.15) is 0 Å². The summed E-state index contributed by atoms with van der Waals surface area (Å²) in [6.45, 7) is 25.3. The second-order valence-electron chi connectivity index (χ2n) is 8.14. The smallest absolute Gasteiger partial charge is 0.0233 e. The van der Waals surface area contributed by atoms with Crippen molar-refractivity contribution in [2.24, 2.45) is 0 Å². The Morgan fingerprint density at radius 1 is 0.679 bits per heavy atom. The highest BCUT2D eigenvalue weighted by atomic mass is 15.1. The van der Waals surface area contributed by atoms with E-state index in [0.717, 1.165) is 19.6 Å². The highest BCUT2D eigenvalue weighted by Crippen LogP contribution is 2.53. The molecular weight excluding hydrogens is 338 g/mol. The summed E-state index contributed by atoms with van der Waals surface area (Å²) in [4.78, 5) is 2.48. The fraction of sp³-hybridized carbons (Fsp3) is 0.556. The maximum atomic E-state index is 2.48. The van der Waals surface area contributed by atoms with Crippen molar-refractivity contribution in [3.63, 3.8) is 0 Å². The number of benzene rings is 2. The summed E-state index contributed by atoms with van der Waals surface area (Å²) in [6, 6.07) is 16.1. The first kappa shape index (κ1) is 24.4. The van der Waals surface area contributed by atoms with Crippen molar-refractivity contribution in [3.05, 3.63) is 59.2 Å². The van der Waals surface area contributed by atoms with Crippen LogP contribution in [-0.4, -0.2) is 18.0 Å².